The summed E-state index contributed by atoms with van der Waals surface area (Å²) in [5.74, 6) is -1.05. The fraction of sp³-hybridized carbons (Fsp3) is 0.104. The van der Waals surface area contributed by atoms with Gasteiger partial charge in [-0.2, -0.15) is 44.2 Å². The zero-order chi connectivity index (χ0) is 55.4. The quantitative estimate of drug-likeness (QED) is 0.0361. The van der Waals surface area contributed by atoms with Crippen molar-refractivity contribution >= 4 is 123 Å². The predicted molar refractivity (Wildman–Crippen MR) is 279 cm³/mol. The molecule has 0 saturated heterocycles. The Morgan fingerprint density at radius 2 is 1.31 bits per heavy atom. The molecule has 9 rings (SSSR count). The number of fused-ring (bicyclic) bond motifs is 5. The average molecular weight is 1140 g/mol. The number of hydrogen-bond acceptors (Lipinski definition) is 20. The van der Waals surface area contributed by atoms with Crippen LogP contribution in [0.15, 0.2) is 149 Å². The molecule has 390 valence electrons. The maximum atomic E-state index is 12.7. The smallest absolute Gasteiger partial charge is 0.295 e. The molecular weight excluding hydrogens is 1100 g/mol. The Balaban J connectivity index is 1.17. The van der Waals surface area contributed by atoms with E-state index in [2.05, 4.69) is 47.8 Å². The summed E-state index contributed by atoms with van der Waals surface area (Å²) in [4.78, 5) is 1.14. The van der Waals surface area contributed by atoms with E-state index in [9.17, 15) is 67.5 Å². The molecule has 0 fully saturated rings. The number of thiophene rings is 1. The Morgan fingerprint density at radius 3 is 2.00 bits per heavy atom. The summed E-state index contributed by atoms with van der Waals surface area (Å²) in [6.07, 6.45) is -0.168. The van der Waals surface area contributed by atoms with Crippen molar-refractivity contribution in [2.45, 2.75) is 35.0 Å². The van der Waals surface area contributed by atoms with Gasteiger partial charge in [0.05, 0.1) is 39.7 Å². The third kappa shape index (κ3) is 10.8. The largest absolute Gasteiger partial charge is 0.493 e. The molecule has 5 N–H and O–H groups in total. The number of imidazole rings is 1. The molecule has 0 radical (unpaired) electrons. The van der Waals surface area contributed by atoms with E-state index in [1.165, 1.54) is 16.5 Å². The maximum absolute atomic E-state index is 12.7. The summed E-state index contributed by atoms with van der Waals surface area (Å²) >= 11 is 0.781. The van der Waals surface area contributed by atoms with E-state index in [1.807, 2.05) is 18.2 Å². The van der Waals surface area contributed by atoms with Crippen molar-refractivity contribution in [2.75, 3.05) is 12.4 Å². The predicted octanol–water partition coefficient (Wildman–Crippen LogP) is 11.2. The molecular formula is C48H34N10O14S5. The third-order valence-electron chi connectivity index (χ3n) is 11.7. The van der Waals surface area contributed by atoms with Crippen molar-refractivity contribution in [2.24, 2.45) is 30.7 Å². The van der Waals surface area contributed by atoms with Crippen molar-refractivity contribution < 1.29 is 61.7 Å². The van der Waals surface area contributed by atoms with Gasteiger partial charge in [0.25, 0.3) is 40.5 Å². The van der Waals surface area contributed by atoms with Gasteiger partial charge in [0.2, 0.25) is 5.88 Å². The Bertz CT molecular complexity index is 4660. The lowest BCUT2D eigenvalue weighted by Crippen LogP contribution is -2.08. The summed E-state index contributed by atoms with van der Waals surface area (Å²) < 4.78 is 144. The third-order valence-corrected chi connectivity index (χ3v) is 16.1. The number of hydrogen-bond donors (Lipinski definition) is 5. The van der Waals surface area contributed by atoms with Crippen molar-refractivity contribution in [3.8, 4) is 34.9 Å². The van der Waals surface area contributed by atoms with Crippen LogP contribution >= 0.6 is 11.3 Å². The number of nitrogens with zero attached hydrogens (tertiary/aromatic N) is 10. The molecule has 0 amide bonds. The molecule has 3 aromatic heterocycles. The monoisotopic (exact) mass is 1130 g/mol. The molecule has 0 bridgehead atoms. The van der Waals surface area contributed by atoms with Gasteiger partial charge in [-0.3, -0.25) is 22.6 Å². The van der Waals surface area contributed by atoms with E-state index in [1.54, 1.807) is 62.4 Å². The fourth-order valence-electron chi connectivity index (χ4n) is 8.17. The number of para-hydroxylation sites is 2. The molecule has 29 heteroatoms. The Kier molecular flexibility index (Phi) is 14.0. The highest BCUT2D eigenvalue weighted by atomic mass is 32.2. The number of aromatic hydroxyl groups is 1. The molecule has 0 saturated carbocycles. The maximum Gasteiger partial charge on any atom is 0.295 e. The minimum Gasteiger partial charge on any atom is -0.493 e. The summed E-state index contributed by atoms with van der Waals surface area (Å²) in [5.41, 5.74) is 2.08. The number of aryl methyl sites for hydroxylation is 1. The molecule has 0 aliphatic carbocycles. The van der Waals surface area contributed by atoms with Crippen molar-refractivity contribution in [3.63, 3.8) is 0 Å². The van der Waals surface area contributed by atoms with Crippen molar-refractivity contribution in [1.82, 2.24) is 9.38 Å². The molecule has 24 nitrogen and oxygen atoms in total. The topological polar surface area (TPSA) is 386 Å². The molecule has 9 aromatic rings. The first kappa shape index (κ1) is 53.3. The van der Waals surface area contributed by atoms with Crippen LogP contribution in [0.4, 0.5) is 32.8 Å². The number of aromatic nitrogens is 2. The van der Waals surface area contributed by atoms with Gasteiger partial charge in [-0.05, 0) is 90.7 Å². The van der Waals surface area contributed by atoms with Gasteiger partial charge < -0.3 is 9.84 Å². The van der Waals surface area contributed by atoms with Crippen LogP contribution in [-0.2, 0) is 40.5 Å². The van der Waals surface area contributed by atoms with Crippen molar-refractivity contribution in [3.05, 3.63) is 125 Å². The van der Waals surface area contributed by atoms with Gasteiger partial charge in [-0.15, -0.1) is 30.7 Å². The zero-order valence-corrected chi connectivity index (χ0v) is 43.4. The molecule has 6 aromatic carbocycles. The molecule has 0 spiro atoms. The van der Waals surface area contributed by atoms with Gasteiger partial charge in [0.15, 0.2) is 16.3 Å². The van der Waals surface area contributed by atoms with Crippen LogP contribution < -0.4 is 4.74 Å². The van der Waals surface area contributed by atoms with Crippen LogP contribution in [0.3, 0.4) is 0 Å². The molecule has 0 atom stereocenters. The highest BCUT2D eigenvalue weighted by molar-refractivity contribution is 7.87. The molecule has 3 heterocycles. The summed E-state index contributed by atoms with van der Waals surface area (Å²) in [6, 6.07) is 29.1. The van der Waals surface area contributed by atoms with Crippen LogP contribution in [0.1, 0.15) is 28.7 Å². The number of rotatable bonds is 15. The van der Waals surface area contributed by atoms with E-state index in [0.717, 1.165) is 34.2 Å². The zero-order valence-electron chi connectivity index (χ0n) is 39.4. The fourth-order valence-corrected chi connectivity index (χ4v) is 11.6. The van der Waals surface area contributed by atoms with Gasteiger partial charge in [0.1, 0.15) is 49.5 Å². The number of ether oxygens (including phenoxy) is 1. The standard InChI is InChI=1S/C48H34N10O14S5/c1-25-16-38(54-55-44-26(2)34(23-49)45-51-36-10-5-6-11-39(36)58(45)48(44)59)40(72-14-7-15-74(60,61)62)22-37(25)53-56-46-35(24-50)43(29-13-12-27-8-3-4-9-28(27)17-29)47(73-46)57-52-30-18-32-33(41(19-30)76(66,67)68)20-31(75(63,64)65)21-42(32)77(69,70)71/h3-6,8-13,16-22,59H,7,14-15H2,1-2H3,(H,60,61,62)(H,63,64,65)(H,66,67,68)(H,69,70,71). The molecule has 0 aliphatic rings. The van der Waals surface area contributed by atoms with Gasteiger partial charge in [-0.25, -0.2) is 4.98 Å². The van der Waals surface area contributed by atoms with Crippen LogP contribution in [0.2, 0.25) is 0 Å². The Hall–Kier alpha value is -8.49. The van der Waals surface area contributed by atoms with Crippen LogP contribution in [-0.4, -0.2) is 78.7 Å². The first-order valence-corrected chi connectivity index (χ1v) is 28.7. The highest BCUT2D eigenvalue weighted by Crippen LogP contribution is 2.49. The molecule has 0 unspecified atom stereocenters. The van der Waals surface area contributed by atoms with Gasteiger partial charge in [0, 0.05) is 28.0 Å². The minimum atomic E-state index is -5.36. The highest BCUT2D eigenvalue weighted by Gasteiger charge is 2.27. The number of nitriles is 2. The van der Waals surface area contributed by atoms with Crippen LogP contribution in [0.5, 0.6) is 11.6 Å². The van der Waals surface area contributed by atoms with Gasteiger partial charge in [-0.1, -0.05) is 59.9 Å². The number of benzene rings is 6. The lowest BCUT2D eigenvalue weighted by Gasteiger charge is -2.12. The second-order valence-corrected chi connectivity index (χ2v) is 23.5. The molecule has 77 heavy (non-hydrogen) atoms. The van der Waals surface area contributed by atoms with E-state index < -0.39 is 77.4 Å². The average Bonchev–Trinajstić information content (AvgIpc) is 4.14. The van der Waals surface area contributed by atoms with Gasteiger partial charge >= 0.3 is 0 Å². The van der Waals surface area contributed by atoms with Crippen LogP contribution in [0, 0.1) is 36.5 Å². The number of azo groups is 3. The van der Waals surface area contributed by atoms with Crippen LogP contribution in [0.25, 0.3) is 49.4 Å². The Labute approximate surface area is 440 Å². The lowest BCUT2D eigenvalue weighted by atomic mass is 10.00. The second-order valence-electron chi connectivity index (χ2n) is 16.8. The van der Waals surface area contributed by atoms with Crippen molar-refractivity contribution in [1.29, 1.82) is 10.5 Å². The van der Waals surface area contributed by atoms with E-state index in [0.29, 0.717) is 34.3 Å². The Morgan fingerprint density at radius 1 is 0.662 bits per heavy atom. The normalized spacial score (nSPS) is 12.7. The first-order valence-electron chi connectivity index (χ1n) is 22.0. The minimum absolute atomic E-state index is 0.0283. The lowest BCUT2D eigenvalue weighted by molar-refractivity contribution is 0.317. The number of pyridine rings is 1. The van der Waals surface area contributed by atoms with E-state index >= 15 is 0 Å². The second kappa shape index (κ2) is 20.2. The molecule has 0 aliphatic heterocycles. The summed E-state index contributed by atoms with van der Waals surface area (Å²) in [6.45, 7) is 2.91. The SMILES string of the molecule is Cc1cc(N=Nc2c(C)c(C#N)c3nc4ccccc4n3c2O)c(OCCCS(=O)(=O)O)cc1N=Nc1sc(N=Nc2cc(S(=O)(=O)O)c3cc(S(=O)(=O)O)cc(S(=O)(=O)O)c3c2)c(-c2ccc3ccccc3c2)c1C#N. The van der Waals surface area contributed by atoms with E-state index in [4.69, 9.17) is 4.74 Å². The summed E-state index contributed by atoms with van der Waals surface area (Å²) in [5, 5.41) is 58.5. The first-order chi connectivity index (χ1) is 36.3. The van der Waals surface area contributed by atoms with E-state index in [-0.39, 0.29) is 79.6 Å². The summed E-state index contributed by atoms with van der Waals surface area (Å²) in [7, 11) is -20.3.